The molecule has 1 aromatic heterocycles. The topological polar surface area (TPSA) is 84.0 Å². The number of nitrogens with one attached hydrogen (secondary N) is 2. The van der Waals surface area contributed by atoms with E-state index in [0.717, 1.165) is 18.5 Å². The van der Waals surface area contributed by atoms with Crippen molar-refractivity contribution in [2.45, 2.75) is 27.2 Å². The summed E-state index contributed by atoms with van der Waals surface area (Å²) in [6, 6.07) is 0. The zero-order valence-electron chi connectivity index (χ0n) is 11.7. The van der Waals surface area contributed by atoms with Gasteiger partial charge in [-0.1, -0.05) is 13.8 Å². The van der Waals surface area contributed by atoms with Gasteiger partial charge in [0, 0.05) is 30.6 Å². The van der Waals surface area contributed by atoms with E-state index in [9.17, 15) is 8.42 Å². The molecule has 1 rings (SSSR count). The first-order chi connectivity index (χ1) is 8.98. The van der Waals surface area contributed by atoms with E-state index in [1.54, 1.807) is 13.1 Å². The Kier molecular flexibility index (Phi) is 6.01. The molecule has 6 nitrogen and oxygen atoms in total. The standard InChI is InChI=1S/C12H22N4O2S/c1-4-6-14-12-15-9-10(3)11(16-12)13-7-8-19(17,18)5-2/h9H,4-8H2,1-3H3,(H2,13,14,15,16). The van der Waals surface area contributed by atoms with Crippen LogP contribution in [0.5, 0.6) is 0 Å². The SMILES string of the molecule is CCCNc1ncc(C)c(NCCS(=O)(=O)CC)n1. The van der Waals surface area contributed by atoms with E-state index >= 15 is 0 Å². The Bertz CT molecular complexity index is 502. The first kappa shape index (κ1) is 15.7. The van der Waals surface area contributed by atoms with Gasteiger partial charge in [-0.05, 0) is 13.3 Å². The Morgan fingerprint density at radius 3 is 2.58 bits per heavy atom. The Morgan fingerprint density at radius 2 is 1.95 bits per heavy atom. The number of rotatable bonds is 8. The van der Waals surface area contributed by atoms with E-state index in [2.05, 4.69) is 27.5 Å². The van der Waals surface area contributed by atoms with Gasteiger partial charge in [0.15, 0.2) is 9.84 Å². The first-order valence-electron chi connectivity index (χ1n) is 6.50. The summed E-state index contributed by atoms with van der Waals surface area (Å²) in [5.74, 6) is 1.53. The largest absolute Gasteiger partial charge is 0.369 e. The summed E-state index contributed by atoms with van der Waals surface area (Å²) >= 11 is 0. The maximum absolute atomic E-state index is 11.4. The monoisotopic (exact) mass is 286 g/mol. The van der Waals surface area contributed by atoms with Crippen molar-refractivity contribution in [3.8, 4) is 0 Å². The number of sulfone groups is 1. The average Bonchev–Trinajstić information content (AvgIpc) is 2.39. The van der Waals surface area contributed by atoms with Crippen molar-refractivity contribution in [2.24, 2.45) is 0 Å². The van der Waals surface area contributed by atoms with Crippen LogP contribution in [0.15, 0.2) is 6.20 Å². The maximum Gasteiger partial charge on any atom is 0.224 e. The molecule has 0 saturated carbocycles. The van der Waals surface area contributed by atoms with Crippen LogP contribution in [0.4, 0.5) is 11.8 Å². The molecule has 0 spiro atoms. The fourth-order valence-corrected chi connectivity index (χ4v) is 2.11. The molecule has 108 valence electrons. The van der Waals surface area contributed by atoms with Crippen molar-refractivity contribution in [3.63, 3.8) is 0 Å². The number of aryl methyl sites for hydroxylation is 1. The second kappa shape index (κ2) is 7.28. The molecule has 0 bridgehead atoms. The normalized spacial score (nSPS) is 11.3. The van der Waals surface area contributed by atoms with Gasteiger partial charge >= 0.3 is 0 Å². The third-order valence-electron chi connectivity index (χ3n) is 2.65. The Labute approximate surface area is 115 Å². The fraction of sp³-hybridized carbons (Fsp3) is 0.667. The Balaban J connectivity index is 2.61. The minimum absolute atomic E-state index is 0.116. The van der Waals surface area contributed by atoms with Crippen molar-refractivity contribution in [2.75, 3.05) is 35.2 Å². The zero-order chi connectivity index (χ0) is 14.3. The molecule has 0 aliphatic carbocycles. The molecule has 0 atom stereocenters. The van der Waals surface area contributed by atoms with E-state index in [-0.39, 0.29) is 11.5 Å². The van der Waals surface area contributed by atoms with Gasteiger partial charge in [0.1, 0.15) is 5.82 Å². The maximum atomic E-state index is 11.4. The second-order valence-electron chi connectivity index (χ2n) is 4.32. The van der Waals surface area contributed by atoms with Gasteiger partial charge in [0.25, 0.3) is 0 Å². The molecular weight excluding hydrogens is 264 g/mol. The molecule has 7 heteroatoms. The van der Waals surface area contributed by atoms with Gasteiger partial charge in [0.05, 0.1) is 5.75 Å². The van der Waals surface area contributed by atoms with Crippen molar-refractivity contribution >= 4 is 21.6 Å². The van der Waals surface area contributed by atoms with Crippen LogP contribution in [0.1, 0.15) is 25.8 Å². The summed E-state index contributed by atoms with van der Waals surface area (Å²) in [6.45, 7) is 6.78. The third kappa shape index (κ3) is 5.42. The van der Waals surface area contributed by atoms with Gasteiger partial charge < -0.3 is 10.6 Å². The smallest absolute Gasteiger partial charge is 0.224 e. The van der Waals surface area contributed by atoms with Gasteiger partial charge in [0.2, 0.25) is 5.95 Å². The molecule has 0 radical (unpaired) electrons. The molecule has 0 saturated heterocycles. The number of hydrogen-bond acceptors (Lipinski definition) is 6. The minimum Gasteiger partial charge on any atom is -0.369 e. The van der Waals surface area contributed by atoms with Crippen LogP contribution in [0.25, 0.3) is 0 Å². The van der Waals surface area contributed by atoms with Gasteiger partial charge in [-0.3, -0.25) is 0 Å². The predicted octanol–water partition coefficient (Wildman–Crippen LogP) is 1.45. The molecule has 0 unspecified atom stereocenters. The Morgan fingerprint density at radius 1 is 1.21 bits per heavy atom. The van der Waals surface area contributed by atoms with Crippen molar-refractivity contribution in [1.82, 2.24) is 9.97 Å². The number of anilines is 2. The minimum atomic E-state index is -2.95. The van der Waals surface area contributed by atoms with Crippen LogP contribution in [-0.2, 0) is 9.84 Å². The lowest BCUT2D eigenvalue weighted by atomic mass is 10.3. The number of nitrogens with zero attached hydrogens (tertiary/aromatic N) is 2. The zero-order valence-corrected chi connectivity index (χ0v) is 12.5. The molecular formula is C12H22N4O2S. The van der Waals surface area contributed by atoms with Crippen LogP contribution in [0.2, 0.25) is 0 Å². The molecule has 0 fully saturated rings. The lowest BCUT2D eigenvalue weighted by Gasteiger charge is -2.10. The van der Waals surface area contributed by atoms with Crippen LogP contribution >= 0.6 is 0 Å². The summed E-state index contributed by atoms with van der Waals surface area (Å²) in [6.07, 6.45) is 2.72. The summed E-state index contributed by atoms with van der Waals surface area (Å²) in [7, 11) is -2.95. The molecule has 0 amide bonds. The molecule has 1 aromatic rings. The summed E-state index contributed by atoms with van der Waals surface area (Å²) in [4.78, 5) is 8.50. The van der Waals surface area contributed by atoms with Crippen molar-refractivity contribution < 1.29 is 8.42 Å². The molecule has 0 aromatic carbocycles. The van der Waals surface area contributed by atoms with Gasteiger partial charge in [-0.15, -0.1) is 0 Å². The van der Waals surface area contributed by atoms with E-state index in [4.69, 9.17) is 0 Å². The van der Waals surface area contributed by atoms with E-state index in [1.807, 2.05) is 6.92 Å². The highest BCUT2D eigenvalue weighted by atomic mass is 32.2. The Hall–Kier alpha value is -1.37. The third-order valence-corrected chi connectivity index (χ3v) is 4.36. The predicted molar refractivity (Wildman–Crippen MR) is 78.4 cm³/mol. The highest BCUT2D eigenvalue weighted by molar-refractivity contribution is 7.91. The van der Waals surface area contributed by atoms with Crippen molar-refractivity contribution in [3.05, 3.63) is 11.8 Å². The van der Waals surface area contributed by atoms with Crippen LogP contribution < -0.4 is 10.6 Å². The quantitative estimate of drug-likeness (QED) is 0.752. The number of hydrogen-bond donors (Lipinski definition) is 2. The van der Waals surface area contributed by atoms with E-state index in [1.165, 1.54) is 0 Å². The fourth-order valence-electron chi connectivity index (χ4n) is 1.41. The lowest BCUT2D eigenvalue weighted by molar-refractivity contribution is 0.597. The van der Waals surface area contributed by atoms with Gasteiger partial charge in [-0.2, -0.15) is 4.98 Å². The highest BCUT2D eigenvalue weighted by Crippen LogP contribution is 2.12. The van der Waals surface area contributed by atoms with E-state index < -0.39 is 9.84 Å². The lowest BCUT2D eigenvalue weighted by Crippen LogP contribution is -2.18. The van der Waals surface area contributed by atoms with Crippen LogP contribution in [0.3, 0.4) is 0 Å². The second-order valence-corrected chi connectivity index (χ2v) is 6.79. The molecule has 1 heterocycles. The molecule has 19 heavy (non-hydrogen) atoms. The van der Waals surface area contributed by atoms with Crippen molar-refractivity contribution in [1.29, 1.82) is 0 Å². The van der Waals surface area contributed by atoms with Crippen LogP contribution in [0, 0.1) is 6.92 Å². The highest BCUT2D eigenvalue weighted by Gasteiger charge is 2.08. The summed E-state index contributed by atoms with van der Waals surface area (Å²) < 4.78 is 22.8. The summed E-state index contributed by atoms with van der Waals surface area (Å²) in [5, 5.41) is 6.15. The van der Waals surface area contributed by atoms with E-state index in [0.29, 0.717) is 18.3 Å². The number of aromatic nitrogens is 2. The average molecular weight is 286 g/mol. The molecule has 2 N–H and O–H groups in total. The first-order valence-corrected chi connectivity index (χ1v) is 8.32. The molecule has 0 aliphatic rings. The van der Waals surface area contributed by atoms with Gasteiger partial charge in [-0.25, -0.2) is 13.4 Å². The van der Waals surface area contributed by atoms with Crippen LogP contribution in [-0.4, -0.2) is 43.0 Å². The molecule has 0 aliphatic heterocycles. The summed E-state index contributed by atoms with van der Waals surface area (Å²) in [5.41, 5.74) is 0.899.